The summed E-state index contributed by atoms with van der Waals surface area (Å²) < 4.78 is 46.4. The fourth-order valence-electron chi connectivity index (χ4n) is 6.50. The molecule has 2 aliphatic heterocycles. The number of hydrogen-bond donors (Lipinski definition) is 2. The molecule has 2 N–H and O–H groups in total. The summed E-state index contributed by atoms with van der Waals surface area (Å²) in [6, 6.07) is 7.12. The molecule has 0 spiro atoms. The lowest BCUT2D eigenvalue weighted by atomic mass is 9.98. The van der Waals surface area contributed by atoms with Crippen LogP contribution in [0.25, 0.3) is 11.0 Å². The molecule has 0 bridgehead atoms. The molecule has 0 amide bonds. The maximum Gasteiger partial charge on any atom is 0.418 e. The van der Waals surface area contributed by atoms with Crippen molar-refractivity contribution in [3.8, 4) is 0 Å². The van der Waals surface area contributed by atoms with Gasteiger partial charge in [0.25, 0.3) is 0 Å². The minimum Gasteiger partial charge on any atom is -0.371 e. The molecule has 0 aliphatic carbocycles. The highest BCUT2D eigenvalue weighted by Crippen LogP contribution is 2.42. The first kappa shape index (κ1) is 34.5. The van der Waals surface area contributed by atoms with Crippen LogP contribution in [0.2, 0.25) is 0 Å². The Kier molecular flexibility index (Phi) is 10.5. The van der Waals surface area contributed by atoms with Gasteiger partial charge in [0.1, 0.15) is 11.3 Å². The molecule has 256 valence electrons. The first-order chi connectivity index (χ1) is 23.0. The maximum atomic E-state index is 14.6. The van der Waals surface area contributed by atoms with Gasteiger partial charge in [-0.05, 0) is 72.1 Å². The Bertz CT molecular complexity index is 1740. The van der Waals surface area contributed by atoms with Crippen LogP contribution >= 0.6 is 27.9 Å². The monoisotopic (exact) mass is 744 g/mol. The molecular weight excluding hydrogens is 705 g/mol. The van der Waals surface area contributed by atoms with E-state index in [-0.39, 0.29) is 11.6 Å². The van der Waals surface area contributed by atoms with E-state index < -0.39 is 11.7 Å². The maximum absolute atomic E-state index is 14.6. The summed E-state index contributed by atoms with van der Waals surface area (Å²) in [6.07, 6.45) is 4.63. The highest BCUT2D eigenvalue weighted by Gasteiger charge is 2.36. The van der Waals surface area contributed by atoms with Crippen LogP contribution in [0.1, 0.15) is 30.9 Å². The molecule has 15 heteroatoms. The van der Waals surface area contributed by atoms with E-state index in [1.807, 2.05) is 36.7 Å². The van der Waals surface area contributed by atoms with Crippen molar-refractivity contribution < 1.29 is 13.2 Å². The number of piperidine rings is 1. The molecule has 0 radical (unpaired) electrons. The highest BCUT2D eigenvalue weighted by atomic mass is 79.9. The molecule has 4 heterocycles. The molecule has 2 saturated heterocycles. The summed E-state index contributed by atoms with van der Waals surface area (Å²) >= 11 is 5.01. The fraction of sp³-hybridized carbons (Fsp3) is 0.455. The minimum absolute atomic E-state index is 0.0364. The number of nitrogens with zero attached hydrogens (tertiary/aromatic N) is 8. The zero-order valence-corrected chi connectivity index (χ0v) is 29.9. The van der Waals surface area contributed by atoms with E-state index in [0.717, 1.165) is 68.9 Å². The van der Waals surface area contributed by atoms with Gasteiger partial charge >= 0.3 is 6.18 Å². The average Bonchev–Trinajstić information content (AvgIpc) is 3.09. The lowest BCUT2D eigenvalue weighted by Gasteiger charge is -2.43. The molecule has 0 unspecified atom stereocenters. The van der Waals surface area contributed by atoms with Crippen molar-refractivity contribution in [2.24, 2.45) is 0 Å². The Morgan fingerprint density at radius 2 is 1.71 bits per heavy atom. The topological polar surface area (TPSA) is 88.6 Å². The van der Waals surface area contributed by atoms with Crippen molar-refractivity contribution in [3.05, 3.63) is 58.5 Å². The first-order valence-corrected chi connectivity index (χ1v) is 18.0. The number of aromatic nitrogens is 4. The SMILES string of the molecule is CCc1cc(Nc2ncc(Br)c(Nc3ccc4nccnc4c3N(C)SC)n2)c(C(F)(F)F)cc1N1CCC(N2CCN(C)CC2)CC1. The third-order valence-corrected chi connectivity index (χ3v) is 10.5. The van der Waals surface area contributed by atoms with Gasteiger partial charge in [-0.2, -0.15) is 18.2 Å². The molecule has 2 aromatic heterocycles. The van der Waals surface area contributed by atoms with Crippen LogP contribution in [0.4, 0.5) is 47.7 Å². The van der Waals surface area contributed by atoms with Gasteiger partial charge in [0, 0.05) is 82.9 Å². The lowest BCUT2D eigenvalue weighted by Crippen LogP contribution is -2.52. The van der Waals surface area contributed by atoms with E-state index in [9.17, 15) is 13.2 Å². The van der Waals surface area contributed by atoms with E-state index in [2.05, 4.69) is 68.2 Å². The third kappa shape index (κ3) is 7.43. The van der Waals surface area contributed by atoms with Gasteiger partial charge in [0.15, 0.2) is 0 Å². The van der Waals surface area contributed by atoms with Crippen LogP contribution in [-0.4, -0.2) is 95.4 Å². The van der Waals surface area contributed by atoms with Gasteiger partial charge in [0.2, 0.25) is 5.95 Å². The normalized spacial score (nSPS) is 16.8. The predicted molar refractivity (Wildman–Crippen MR) is 193 cm³/mol. The number of hydrogen-bond acceptors (Lipinski definition) is 11. The number of nitrogens with one attached hydrogen (secondary N) is 2. The average molecular weight is 746 g/mol. The number of fused-ring (bicyclic) bond motifs is 1. The molecular formula is C33H40BrF3N10S. The predicted octanol–water partition coefficient (Wildman–Crippen LogP) is 7.18. The molecule has 48 heavy (non-hydrogen) atoms. The molecule has 2 aliphatic rings. The number of aryl methyl sites for hydroxylation is 1. The summed E-state index contributed by atoms with van der Waals surface area (Å²) in [5, 5.41) is 6.23. The minimum atomic E-state index is -4.58. The van der Waals surface area contributed by atoms with Gasteiger partial charge in [-0.3, -0.25) is 14.9 Å². The second-order valence-electron chi connectivity index (χ2n) is 12.1. The molecule has 2 aromatic carbocycles. The van der Waals surface area contributed by atoms with E-state index in [1.165, 1.54) is 24.2 Å². The zero-order chi connectivity index (χ0) is 34.0. The van der Waals surface area contributed by atoms with Crippen molar-refractivity contribution >= 4 is 73.4 Å². The van der Waals surface area contributed by atoms with Crippen LogP contribution in [-0.2, 0) is 12.6 Å². The van der Waals surface area contributed by atoms with Crippen molar-refractivity contribution in [2.75, 3.05) is 79.5 Å². The largest absolute Gasteiger partial charge is 0.418 e. The number of alkyl halides is 3. The van der Waals surface area contributed by atoms with Crippen LogP contribution < -0.4 is 19.8 Å². The summed E-state index contributed by atoms with van der Waals surface area (Å²) in [4.78, 5) is 24.9. The Morgan fingerprint density at radius 3 is 2.40 bits per heavy atom. The number of likely N-dealkylation sites (N-methyl/N-ethyl adjacent to an activating group) is 1. The van der Waals surface area contributed by atoms with Gasteiger partial charge in [-0.1, -0.05) is 18.9 Å². The van der Waals surface area contributed by atoms with E-state index in [4.69, 9.17) is 0 Å². The summed E-state index contributed by atoms with van der Waals surface area (Å²) in [7, 11) is 4.07. The molecule has 2 fully saturated rings. The van der Waals surface area contributed by atoms with Gasteiger partial charge in [-0.15, -0.1) is 0 Å². The second kappa shape index (κ2) is 14.6. The molecule has 6 rings (SSSR count). The number of benzene rings is 2. The van der Waals surface area contributed by atoms with Crippen molar-refractivity contribution in [3.63, 3.8) is 0 Å². The lowest BCUT2D eigenvalue weighted by molar-refractivity contribution is -0.136. The zero-order valence-electron chi connectivity index (χ0n) is 27.5. The van der Waals surface area contributed by atoms with Gasteiger partial charge in [0.05, 0.1) is 32.6 Å². The van der Waals surface area contributed by atoms with E-state index >= 15 is 0 Å². The van der Waals surface area contributed by atoms with E-state index in [1.54, 1.807) is 18.5 Å². The Balaban J connectivity index is 1.26. The van der Waals surface area contributed by atoms with Crippen LogP contribution in [0.15, 0.2) is 47.3 Å². The smallest absolute Gasteiger partial charge is 0.371 e. The molecule has 0 atom stereocenters. The Labute approximate surface area is 291 Å². The van der Waals surface area contributed by atoms with Crippen LogP contribution in [0.3, 0.4) is 0 Å². The van der Waals surface area contributed by atoms with Crippen LogP contribution in [0, 0.1) is 0 Å². The van der Waals surface area contributed by atoms with Crippen molar-refractivity contribution in [1.82, 2.24) is 29.7 Å². The number of piperazine rings is 1. The molecule has 4 aromatic rings. The summed E-state index contributed by atoms with van der Waals surface area (Å²) in [6.45, 7) is 7.63. The second-order valence-corrected chi connectivity index (χ2v) is 13.9. The first-order valence-electron chi connectivity index (χ1n) is 16.1. The van der Waals surface area contributed by atoms with Crippen molar-refractivity contribution in [1.29, 1.82) is 0 Å². The van der Waals surface area contributed by atoms with E-state index in [0.29, 0.717) is 39.6 Å². The van der Waals surface area contributed by atoms with Gasteiger partial charge < -0.3 is 24.7 Å². The van der Waals surface area contributed by atoms with Crippen molar-refractivity contribution in [2.45, 2.75) is 38.4 Å². The quantitative estimate of drug-likeness (QED) is 0.171. The highest BCUT2D eigenvalue weighted by molar-refractivity contribution is 9.10. The summed E-state index contributed by atoms with van der Waals surface area (Å²) in [5.41, 5.74) is 3.61. The van der Waals surface area contributed by atoms with Gasteiger partial charge in [-0.25, -0.2) is 4.98 Å². The molecule has 0 saturated carbocycles. The number of halogens is 4. The fourth-order valence-corrected chi connectivity index (χ4v) is 7.16. The number of anilines is 6. The Morgan fingerprint density at radius 1 is 0.979 bits per heavy atom. The molecule has 10 nitrogen and oxygen atoms in total. The standard InChI is InChI=1S/C33H40BrF3N10S/c1-5-21-18-27(23(33(35,36)37)19-28(21)47-12-8-22(9-13-47)46-16-14-44(2)15-17-46)42-32-40-20-24(34)31(43-32)41-26-7-6-25-29(39-11-10-38-25)30(26)45(3)48-4/h6-7,10-11,18-20,22H,5,8-9,12-17H2,1-4H3,(H2,40,41,42,43). The number of rotatable bonds is 9. The third-order valence-electron chi connectivity index (χ3n) is 9.21. The van der Waals surface area contributed by atoms with Crippen LogP contribution in [0.5, 0.6) is 0 Å². The Hall–Kier alpha value is -3.40. The summed E-state index contributed by atoms with van der Waals surface area (Å²) in [5.74, 6) is 0.421.